The zero-order valence-electron chi connectivity index (χ0n) is 17.5. The summed E-state index contributed by atoms with van der Waals surface area (Å²) in [6.07, 6.45) is 2.92. The Balaban J connectivity index is 0.000000858. The number of piperazine rings is 1. The van der Waals surface area contributed by atoms with Crippen LogP contribution in [0.25, 0.3) is 11.1 Å². The van der Waals surface area contributed by atoms with Gasteiger partial charge >= 0.3 is 0 Å². The predicted octanol–water partition coefficient (Wildman–Crippen LogP) is 6.22. The fourth-order valence-electron chi connectivity index (χ4n) is 4.39. The Morgan fingerprint density at radius 3 is 1.97 bits per heavy atom. The lowest BCUT2D eigenvalue weighted by molar-refractivity contribution is -0.0665. The Labute approximate surface area is 204 Å². The predicted molar refractivity (Wildman–Crippen MR) is 130 cm³/mol. The summed E-state index contributed by atoms with van der Waals surface area (Å²) < 4.78 is 3.19. The number of hydrogen-bond acceptors (Lipinski definition) is 4. The molecule has 4 nitrogen and oxygen atoms in total. The van der Waals surface area contributed by atoms with Crippen molar-refractivity contribution < 1.29 is 8.95 Å². The van der Waals surface area contributed by atoms with Crippen LogP contribution in [0.5, 0.6) is 0 Å². The number of hydrogen-bond donors (Lipinski definition) is 1. The van der Waals surface area contributed by atoms with Gasteiger partial charge in [0, 0.05) is 48.7 Å². The van der Waals surface area contributed by atoms with E-state index in [9.17, 15) is 5.11 Å². The smallest absolute Gasteiger partial charge is 0.0832 e. The third kappa shape index (κ3) is 6.72. The zero-order chi connectivity index (χ0) is 22.4. The van der Waals surface area contributed by atoms with Crippen molar-refractivity contribution in [2.45, 2.75) is 30.8 Å². The molecule has 0 radical (unpaired) electrons. The standard InChI is InChI=1S/C23H28Cl2N2O.Cl2O/c1-26-9-11-27(12-10-26)16-22(23(28)7-2-8-23)18-5-3-17(4-6-18)19-13-20(24)15-21(25)14-19;1-3-2/h3-6,13-15,22,28H,2,7-12,16H2,1H3;. The van der Waals surface area contributed by atoms with Gasteiger partial charge in [0.1, 0.15) is 0 Å². The highest BCUT2D eigenvalue weighted by Crippen LogP contribution is 2.44. The van der Waals surface area contributed by atoms with Gasteiger partial charge in [0.25, 0.3) is 0 Å². The lowest BCUT2D eigenvalue weighted by atomic mass is 9.68. The largest absolute Gasteiger partial charge is 0.389 e. The molecule has 1 unspecified atom stereocenters. The fourth-order valence-corrected chi connectivity index (χ4v) is 4.92. The summed E-state index contributed by atoms with van der Waals surface area (Å²) in [5.41, 5.74) is 2.76. The van der Waals surface area contributed by atoms with Crippen LogP contribution in [0, 0.1) is 0 Å². The van der Waals surface area contributed by atoms with Gasteiger partial charge in [0.15, 0.2) is 0 Å². The normalized spacial score (nSPS) is 19.8. The molecule has 2 aromatic rings. The van der Waals surface area contributed by atoms with Crippen LogP contribution in [0.2, 0.25) is 10.0 Å². The van der Waals surface area contributed by atoms with Crippen LogP contribution >= 0.6 is 46.9 Å². The van der Waals surface area contributed by atoms with E-state index >= 15 is 0 Å². The molecule has 1 aliphatic carbocycles. The molecule has 4 rings (SSSR count). The maximum atomic E-state index is 11.2. The molecule has 1 heterocycles. The molecule has 1 aliphatic heterocycles. The second-order valence-corrected chi connectivity index (χ2v) is 9.79. The number of aliphatic hydroxyl groups is 1. The Kier molecular flexibility index (Phi) is 9.33. The first-order chi connectivity index (χ1) is 14.8. The number of nitrogens with zero attached hydrogens (tertiary/aromatic N) is 2. The molecular weight excluding hydrogens is 478 g/mol. The van der Waals surface area contributed by atoms with Crippen LogP contribution in [0.4, 0.5) is 0 Å². The summed E-state index contributed by atoms with van der Waals surface area (Å²) in [5.74, 6) is 0.154. The van der Waals surface area contributed by atoms with E-state index in [1.54, 1.807) is 6.07 Å². The second kappa shape index (κ2) is 11.5. The zero-order valence-corrected chi connectivity index (χ0v) is 20.6. The van der Waals surface area contributed by atoms with E-state index in [2.05, 4.69) is 68.7 Å². The van der Waals surface area contributed by atoms with Crippen LogP contribution in [0.15, 0.2) is 42.5 Å². The SMILES string of the molecule is CN1CCN(CC(c2ccc(-c3cc(Cl)cc(Cl)c3)cc2)C2(O)CCC2)CC1.ClOCl. The van der Waals surface area contributed by atoms with Crippen molar-refractivity contribution in [3.63, 3.8) is 0 Å². The van der Waals surface area contributed by atoms with Gasteiger partial charge in [-0.25, -0.2) is 0 Å². The number of halogens is 4. The molecule has 2 aromatic carbocycles. The van der Waals surface area contributed by atoms with E-state index in [0.717, 1.165) is 63.1 Å². The lowest BCUT2D eigenvalue weighted by Crippen LogP contribution is -2.51. The molecule has 0 aromatic heterocycles. The van der Waals surface area contributed by atoms with Crippen LogP contribution in [0.1, 0.15) is 30.7 Å². The number of likely N-dealkylation sites (N-methyl/N-ethyl adjacent to an activating group) is 1. The van der Waals surface area contributed by atoms with Gasteiger partial charge in [0.05, 0.1) is 29.3 Å². The van der Waals surface area contributed by atoms with Crippen LogP contribution in [-0.4, -0.2) is 60.3 Å². The fraction of sp³-hybridized carbons (Fsp3) is 0.478. The monoisotopic (exact) mass is 504 g/mol. The Morgan fingerprint density at radius 2 is 1.48 bits per heavy atom. The van der Waals surface area contributed by atoms with Crippen LogP contribution in [0.3, 0.4) is 0 Å². The second-order valence-electron chi connectivity index (χ2n) is 8.45. The maximum Gasteiger partial charge on any atom is 0.0832 e. The minimum Gasteiger partial charge on any atom is -0.389 e. The molecule has 0 amide bonds. The highest BCUT2D eigenvalue weighted by molar-refractivity contribution is 6.35. The van der Waals surface area contributed by atoms with Crippen LogP contribution in [-0.2, 0) is 3.84 Å². The molecule has 31 heavy (non-hydrogen) atoms. The van der Waals surface area contributed by atoms with Crippen molar-refractivity contribution in [1.29, 1.82) is 0 Å². The Morgan fingerprint density at radius 1 is 0.935 bits per heavy atom. The lowest BCUT2D eigenvalue weighted by Gasteiger charge is -2.46. The molecule has 2 aliphatic rings. The molecule has 1 N–H and O–H groups in total. The molecule has 170 valence electrons. The van der Waals surface area contributed by atoms with E-state index in [1.165, 1.54) is 5.56 Å². The summed E-state index contributed by atoms with van der Waals surface area (Å²) in [5, 5.41) is 12.5. The minimum absolute atomic E-state index is 0.154. The first-order valence-electron chi connectivity index (χ1n) is 10.4. The van der Waals surface area contributed by atoms with Gasteiger partial charge in [-0.15, -0.1) is 0 Å². The van der Waals surface area contributed by atoms with Crippen molar-refractivity contribution in [3.8, 4) is 11.1 Å². The van der Waals surface area contributed by atoms with E-state index in [-0.39, 0.29) is 5.92 Å². The summed E-state index contributed by atoms with van der Waals surface area (Å²) in [4.78, 5) is 4.88. The molecule has 1 atom stereocenters. The highest BCUT2D eigenvalue weighted by atomic mass is 35.6. The van der Waals surface area contributed by atoms with Gasteiger partial charge in [-0.1, -0.05) is 47.5 Å². The van der Waals surface area contributed by atoms with Gasteiger partial charge in [-0.05, 0) is 61.2 Å². The van der Waals surface area contributed by atoms with E-state index in [4.69, 9.17) is 23.2 Å². The van der Waals surface area contributed by atoms with Crippen molar-refractivity contribution in [2.75, 3.05) is 39.8 Å². The molecular formula is C23H28Cl4N2O2. The molecule has 1 saturated carbocycles. The third-order valence-electron chi connectivity index (χ3n) is 6.41. The van der Waals surface area contributed by atoms with Crippen LogP contribution < -0.4 is 0 Å². The van der Waals surface area contributed by atoms with E-state index in [0.29, 0.717) is 10.0 Å². The molecule has 2 fully saturated rings. The average Bonchev–Trinajstić information content (AvgIpc) is 2.72. The molecule has 8 heteroatoms. The quantitative estimate of drug-likeness (QED) is 0.523. The summed E-state index contributed by atoms with van der Waals surface area (Å²) >= 11 is 20.8. The number of benzene rings is 2. The molecule has 0 bridgehead atoms. The van der Waals surface area contributed by atoms with Gasteiger partial charge in [-0.2, -0.15) is 3.84 Å². The highest BCUT2D eigenvalue weighted by Gasteiger charge is 2.43. The topological polar surface area (TPSA) is 35.9 Å². The first-order valence-corrected chi connectivity index (χ1v) is 11.8. The van der Waals surface area contributed by atoms with Gasteiger partial charge in [-0.3, -0.25) is 0 Å². The minimum atomic E-state index is -0.565. The summed E-state index contributed by atoms with van der Waals surface area (Å²) in [6.45, 7) is 5.26. The van der Waals surface area contributed by atoms with Gasteiger partial charge in [0.2, 0.25) is 0 Å². The molecule has 1 saturated heterocycles. The van der Waals surface area contributed by atoms with E-state index in [1.807, 2.05) is 12.1 Å². The average molecular weight is 506 g/mol. The van der Waals surface area contributed by atoms with Crippen molar-refractivity contribution in [2.24, 2.45) is 0 Å². The summed E-state index contributed by atoms with van der Waals surface area (Å²) in [7, 11) is 2.18. The Bertz CT molecular complexity index is 818. The number of rotatable bonds is 5. The third-order valence-corrected chi connectivity index (χ3v) is 6.85. The first kappa shape index (κ1) is 25.1. The van der Waals surface area contributed by atoms with Crippen molar-refractivity contribution in [1.82, 2.24) is 9.80 Å². The van der Waals surface area contributed by atoms with E-state index < -0.39 is 5.60 Å². The molecule has 0 spiro atoms. The maximum absolute atomic E-state index is 11.2. The van der Waals surface area contributed by atoms with Crippen molar-refractivity contribution >= 4 is 46.9 Å². The van der Waals surface area contributed by atoms with Gasteiger partial charge < -0.3 is 14.9 Å². The Hall–Kier alpha value is -0.560. The summed E-state index contributed by atoms with van der Waals surface area (Å²) in [6, 6.07) is 14.2. The van der Waals surface area contributed by atoms with Crippen molar-refractivity contribution in [3.05, 3.63) is 58.1 Å².